The van der Waals surface area contributed by atoms with Crippen LogP contribution in [0.25, 0.3) is 0 Å². The first-order valence-corrected chi connectivity index (χ1v) is 11.1. The Labute approximate surface area is 196 Å². The predicted molar refractivity (Wildman–Crippen MR) is 123 cm³/mol. The average molecular weight is 475 g/mol. The Balaban J connectivity index is 1.45. The molecule has 4 rings (SSSR count). The Kier molecular flexibility index (Phi) is 6.86. The Bertz CT molecular complexity index is 1090. The fourth-order valence-electron chi connectivity index (χ4n) is 4.03. The molecule has 0 bridgehead atoms. The molecule has 1 fully saturated rings. The van der Waals surface area contributed by atoms with Crippen molar-refractivity contribution in [2.24, 2.45) is 0 Å². The monoisotopic (exact) mass is 474 g/mol. The number of rotatable bonds is 6. The molecule has 168 valence electrons. The number of likely N-dealkylation sites (tertiary alicyclic amines) is 1. The van der Waals surface area contributed by atoms with Crippen LogP contribution in [0.1, 0.15) is 40.6 Å². The fourth-order valence-corrected chi connectivity index (χ4v) is 4.36. The number of benzene rings is 1. The summed E-state index contributed by atoms with van der Waals surface area (Å²) in [6.07, 6.45) is 5.42. The highest BCUT2D eigenvalue weighted by Gasteiger charge is 2.28. The van der Waals surface area contributed by atoms with Gasteiger partial charge in [-0.05, 0) is 42.7 Å². The van der Waals surface area contributed by atoms with E-state index in [4.69, 9.17) is 32.7 Å². The molecule has 1 amide bonds. The van der Waals surface area contributed by atoms with Gasteiger partial charge in [-0.15, -0.1) is 0 Å². The van der Waals surface area contributed by atoms with Crippen molar-refractivity contribution in [2.75, 3.05) is 27.3 Å². The van der Waals surface area contributed by atoms with E-state index in [0.717, 1.165) is 35.7 Å². The lowest BCUT2D eigenvalue weighted by Gasteiger charge is -2.32. The van der Waals surface area contributed by atoms with Crippen LogP contribution in [-0.4, -0.2) is 52.7 Å². The summed E-state index contributed by atoms with van der Waals surface area (Å²) in [5.41, 5.74) is 1.26. The molecule has 1 aliphatic rings. The summed E-state index contributed by atoms with van der Waals surface area (Å²) < 4.78 is 12.9. The van der Waals surface area contributed by atoms with Crippen LogP contribution in [0.5, 0.6) is 11.5 Å². The van der Waals surface area contributed by atoms with Crippen molar-refractivity contribution >= 4 is 29.1 Å². The number of nitrogens with zero attached hydrogens (tertiary/aromatic N) is 4. The van der Waals surface area contributed by atoms with Gasteiger partial charge in [-0.2, -0.15) is 0 Å². The van der Waals surface area contributed by atoms with Gasteiger partial charge >= 0.3 is 0 Å². The van der Waals surface area contributed by atoms with E-state index in [0.29, 0.717) is 24.7 Å². The molecule has 0 unspecified atom stereocenters. The Morgan fingerprint density at radius 2 is 1.78 bits per heavy atom. The van der Waals surface area contributed by atoms with Gasteiger partial charge in [-0.25, -0.2) is 9.97 Å². The molecule has 0 atom stereocenters. The summed E-state index contributed by atoms with van der Waals surface area (Å²) in [5.74, 6) is 2.58. The molecule has 0 N–H and O–H groups in total. The van der Waals surface area contributed by atoms with Crippen LogP contribution in [0, 0.1) is 0 Å². The third kappa shape index (κ3) is 4.84. The third-order valence-electron chi connectivity index (χ3n) is 5.67. The first kappa shape index (κ1) is 22.4. The van der Waals surface area contributed by atoms with Gasteiger partial charge in [0.25, 0.3) is 5.91 Å². The quantitative estimate of drug-likeness (QED) is 0.485. The smallest absolute Gasteiger partial charge is 0.274 e. The third-order valence-corrected chi connectivity index (χ3v) is 6.19. The lowest BCUT2D eigenvalue weighted by atomic mass is 9.95. The first-order valence-electron chi connectivity index (χ1n) is 10.3. The highest BCUT2D eigenvalue weighted by molar-refractivity contribution is 6.34. The summed E-state index contributed by atoms with van der Waals surface area (Å²) in [6.45, 7) is 1.87. The van der Waals surface area contributed by atoms with Crippen molar-refractivity contribution in [2.45, 2.75) is 25.3 Å². The van der Waals surface area contributed by atoms with Crippen LogP contribution >= 0.6 is 23.2 Å². The van der Waals surface area contributed by atoms with Crippen LogP contribution in [0.4, 0.5) is 0 Å². The van der Waals surface area contributed by atoms with E-state index in [2.05, 4.69) is 14.5 Å². The van der Waals surface area contributed by atoms with Gasteiger partial charge < -0.3 is 18.9 Å². The van der Waals surface area contributed by atoms with Crippen molar-refractivity contribution in [3.8, 4) is 11.5 Å². The number of amides is 1. The molecule has 0 aliphatic carbocycles. The number of hydrogen-bond donors (Lipinski definition) is 0. The van der Waals surface area contributed by atoms with Crippen LogP contribution in [0.3, 0.4) is 0 Å². The number of carbonyl (C=O) groups is 1. The Hall–Kier alpha value is -2.77. The first-order chi connectivity index (χ1) is 15.5. The lowest BCUT2D eigenvalue weighted by Crippen LogP contribution is -2.39. The molecule has 1 aliphatic heterocycles. The topological polar surface area (TPSA) is 69.5 Å². The number of hydrogen-bond acceptors (Lipinski definition) is 5. The number of pyridine rings is 1. The molecule has 3 heterocycles. The zero-order valence-corrected chi connectivity index (χ0v) is 19.4. The second kappa shape index (κ2) is 9.79. The molecular weight excluding hydrogens is 451 g/mol. The minimum absolute atomic E-state index is 0.192. The summed E-state index contributed by atoms with van der Waals surface area (Å²) in [4.78, 5) is 23.4. The fraction of sp³-hybridized carbons (Fsp3) is 0.348. The molecule has 0 spiro atoms. The van der Waals surface area contributed by atoms with Gasteiger partial charge in [-0.1, -0.05) is 23.2 Å². The predicted octanol–water partition coefficient (Wildman–Crippen LogP) is 4.67. The number of halogens is 2. The van der Waals surface area contributed by atoms with Crippen molar-refractivity contribution in [3.63, 3.8) is 0 Å². The summed E-state index contributed by atoms with van der Waals surface area (Å²) in [5, 5.41) is 0.564. The SMILES string of the molecule is COc1cc(Cn2ccnc2C2CCN(C(=O)c3nc(Cl)ccc3Cl)CC2)cc(OC)c1. The number of carbonyl (C=O) groups excluding carboxylic acids is 1. The van der Waals surface area contributed by atoms with Crippen molar-refractivity contribution in [1.29, 1.82) is 0 Å². The van der Waals surface area contributed by atoms with E-state index in [1.165, 1.54) is 0 Å². The van der Waals surface area contributed by atoms with Gasteiger partial charge in [0.2, 0.25) is 0 Å². The van der Waals surface area contributed by atoms with Gasteiger partial charge in [0.15, 0.2) is 0 Å². The number of aromatic nitrogens is 3. The number of methoxy groups -OCH3 is 2. The minimum atomic E-state index is -0.192. The zero-order chi connectivity index (χ0) is 22.7. The molecule has 9 heteroatoms. The van der Waals surface area contributed by atoms with Gasteiger partial charge in [0.1, 0.15) is 28.2 Å². The second-order valence-corrected chi connectivity index (χ2v) is 8.46. The summed E-state index contributed by atoms with van der Waals surface area (Å²) >= 11 is 12.1. The molecular formula is C23H24Cl2N4O3. The highest BCUT2D eigenvalue weighted by atomic mass is 35.5. The minimum Gasteiger partial charge on any atom is -0.497 e. The summed E-state index contributed by atoms with van der Waals surface area (Å²) in [7, 11) is 3.28. The Morgan fingerprint density at radius 1 is 1.09 bits per heavy atom. The van der Waals surface area contributed by atoms with Gasteiger partial charge in [0, 0.05) is 44.0 Å². The van der Waals surface area contributed by atoms with E-state index in [1.807, 2.05) is 30.6 Å². The number of piperidine rings is 1. The molecule has 32 heavy (non-hydrogen) atoms. The van der Waals surface area contributed by atoms with E-state index < -0.39 is 0 Å². The van der Waals surface area contributed by atoms with E-state index in [-0.39, 0.29) is 22.7 Å². The zero-order valence-electron chi connectivity index (χ0n) is 17.9. The Morgan fingerprint density at radius 3 is 2.44 bits per heavy atom. The number of imidazole rings is 1. The van der Waals surface area contributed by atoms with Crippen molar-refractivity contribution in [1.82, 2.24) is 19.4 Å². The van der Waals surface area contributed by atoms with Crippen molar-refractivity contribution in [3.05, 3.63) is 70.0 Å². The van der Waals surface area contributed by atoms with Crippen LogP contribution in [-0.2, 0) is 6.54 Å². The van der Waals surface area contributed by atoms with Crippen molar-refractivity contribution < 1.29 is 14.3 Å². The molecule has 1 aromatic carbocycles. The van der Waals surface area contributed by atoms with Gasteiger partial charge in [0.05, 0.1) is 19.2 Å². The van der Waals surface area contributed by atoms with E-state index in [1.54, 1.807) is 31.3 Å². The maximum Gasteiger partial charge on any atom is 0.274 e. The highest BCUT2D eigenvalue weighted by Crippen LogP contribution is 2.30. The number of ether oxygens (including phenoxy) is 2. The molecule has 2 aromatic heterocycles. The van der Waals surface area contributed by atoms with E-state index >= 15 is 0 Å². The van der Waals surface area contributed by atoms with Crippen LogP contribution in [0.2, 0.25) is 10.2 Å². The second-order valence-electron chi connectivity index (χ2n) is 7.67. The summed E-state index contributed by atoms with van der Waals surface area (Å²) in [6, 6.07) is 9.02. The van der Waals surface area contributed by atoms with Gasteiger partial charge in [-0.3, -0.25) is 4.79 Å². The lowest BCUT2D eigenvalue weighted by molar-refractivity contribution is 0.0704. The van der Waals surface area contributed by atoms with E-state index in [9.17, 15) is 4.79 Å². The molecule has 0 saturated carbocycles. The molecule has 7 nitrogen and oxygen atoms in total. The molecule has 0 radical (unpaired) electrons. The largest absolute Gasteiger partial charge is 0.497 e. The maximum absolute atomic E-state index is 12.9. The maximum atomic E-state index is 12.9. The van der Waals surface area contributed by atoms with Crippen LogP contribution in [0.15, 0.2) is 42.7 Å². The standard InChI is InChI=1S/C23H24Cl2N4O3/c1-31-17-11-15(12-18(13-17)32-2)14-29-10-7-26-22(29)16-5-8-28(9-6-16)23(30)21-19(24)3-4-20(25)27-21/h3-4,7,10-13,16H,5-6,8-9,14H2,1-2H3. The molecule has 3 aromatic rings. The normalized spacial score (nSPS) is 14.4. The average Bonchev–Trinajstić information content (AvgIpc) is 3.28. The molecule has 1 saturated heterocycles. The van der Waals surface area contributed by atoms with Crippen LogP contribution < -0.4 is 9.47 Å².